The molecular formula is C73H128O6. The van der Waals surface area contributed by atoms with E-state index in [1.165, 1.54) is 193 Å². The lowest BCUT2D eigenvalue weighted by molar-refractivity contribution is -0.167. The lowest BCUT2D eigenvalue weighted by atomic mass is 10.0. The third kappa shape index (κ3) is 65.3. The summed E-state index contributed by atoms with van der Waals surface area (Å²) in [7, 11) is 0. The highest BCUT2D eigenvalue weighted by atomic mass is 16.6. The lowest BCUT2D eigenvalue weighted by Gasteiger charge is -2.18. The molecule has 79 heavy (non-hydrogen) atoms. The predicted octanol–water partition coefficient (Wildman–Crippen LogP) is 23.4. The molecule has 0 radical (unpaired) electrons. The summed E-state index contributed by atoms with van der Waals surface area (Å²) in [5.41, 5.74) is 0. The normalized spacial score (nSPS) is 12.6. The van der Waals surface area contributed by atoms with Crippen molar-refractivity contribution in [1.82, 2.24) is 0 Å². The summed E-state index contributed by atoms with van der Waals surface area (Å²) in [6.07, 6.45) is 88.8. The molecule has 6 heteroatoms. The Labute approximate surface area is 490 Å². The molecule has 6 nitrogen and oxygen atoms in total. The number of carbonyl (C=O) groups excluding carboxylic acids is 3. The molecule has 1 unspecified atom stereocenters. The van der Waals surface area contributed by atoms with Crippen LogP contribution < -0.4 is 0 Å². The monoisotopic (exact) mass is 1100 g/mol. The summed E-state index contributed by atoms with van der Waals surface area (Å²) in [4.78, 5) is 38.4. The fourth-order valence-corrected chi connectivity index (χ4v) is 9.84. The van der Waals surface area contributed by atoms with Crippen molar-refractivity contribution in [2.45, 2.75) is 348 Å². The molecule has 456 valence electrons. The first-order valence-electron chi connectivity index (χ1n) is 34.1. The molecule has 0 amide bonds. The average molecular weight is 1100 g/mol. The van der Waals surface area contributed by atoms with Gasteiger partial charge in [0, 0.05) is 19.3 Å². The van der Waals surface area contributed by atoms with Gasteiger partial charge in [0.25, 0.3) is 0 Å². The molecule has 0 bridgehead atoms. The predicted molar refractivity (Wildman–Crippen MR) is 344 cm³/mol. The molecule has 0 aromatic carbocycles. The molecule has 0 aliphatic heterocycles. The molecule has 0 aliphatic carbocycles. The highest BCUT2D eigenvalue weighted by molar-refractivity contribution is 5.71. The van der Waals surface area contributed by atoms with Gasteiger partial charge in [0.05, 0.1) is 0 Å². The molecule has 0 spiro atoms. The number of ether oxygens (including phenoxy) is 3. The van der Waals surface area contributed by atoms with Crippen molar-refractivity contribution in [1.29, 1.82) is 0 Å². The molecule has 0 aromatic rings. The molecule has 0 saturated carbocycles. The third-order valence-corrected chi connectivity index (χ3v) is 14.9. The largest absolute Gasteiger partial charge is 0.462 e. The number of carbonyl (C=O) groups is 3. The van der Waals surface area contributed by atoms with Crippen LogP contribution in [0.5, 0.6) is 0 Å². The van der Waals surface area contributed by atoms with Crippen LogP contribution in [-0.4, -0.2) is 37.2 Å². The Morgan fingerprint density at radius 1 is 0.266 bits per heavy atom. The zero-order valence-corrected chi connectivity index (χ0v) is 52.4. The fraction of sp³-hybridized carbons (Fsp3) is 0.767. The summed E-state index contributed by atoms with van der Waals surface area (Å²) in [6, 6.07) is 0. The van der Waals surface area contributed by atoms with Gasteiger partial charge < -0.3 is 14.2 Å². The molecule has 0 fully saturated rings. The number of hydrogen-bond acceptors (Lipinski definition) is 6. The van der Waals surface area contributed by atoms with Crippen LogP contribution in [0.3, 0.4) is 0 Å². The number of esters is 3. The van der Waals surface area contributed by atoms with Gasteiger partial charge in [-0.3, -0.25) is 14.4 Å². The van der Waals surface area contributed by atoms with Crippen LogP contribution in [0.15, 0.2) is 85.1 Å². The van der Waals surface area contributed by atoms with E-state index in [1.54, 1.807) is 0 Å². The highest BCUT2D eigenvalue weighted by Gasteiger charge is 2.19. The standard InChI is InChI=1S/C73H128O6/c1-4-7-10-13-16-19-22-25-28-30-32-34-36-37-38-40-41-43-45-48-51-54-57-60-63-66-72(75)78-69-70(68-77-71(74)65-62-59-56-53-50-47-27-24-21-18-15-12-9-6-3)79-73(76)67-64-61-58-55-52-49-46-44-42-39-35-33-31-29-26-23-20-17-14-11-8-5-2/h7,10,16,19,25,28,32,34,37-38,41,43,48,51,70H,4-6,8-9,11-15,17-18,20-24,26-27,29-31,33,35-36,39-40,42,44-47,49-50,52-69H2,1-3H3/b10-7-,19-16-,28-25-,34-32-,38-37-,43-41-,51-48-. The van der Waals surface area contributed by atoms with Crippen molar-refractivity contribution in [3.05, 3.63) is 85.1 Å². The Hall–Kier alpha value is -3.41. The fourth-order valence-electron chi connectivity index (χ4n) is 9.84. The first-order chi connectivity index (χ1) is 39.0. The maximum absolute atomic E-state index is 12.9. The number of allylic oxidation sites excluding steroid dienone is 14. The van der Waals surface area contributed by atoms with E-state index in [-0.39, 0.29) is 31.1 Å². The summed E-state index contributed by atoms with van der Waals surface area (Å²) >= 11 is 0. The third-order valence-electron chi connectivity index (χ3n) is 14.9. The molecule has 0 rings (SSSR count). The lowest BCUT2D eigenvalue weighted by Crippen LogP contribution is -2.30. The van der Waals surface area contributed by atoms with Crippen molar-refractivity contribution < 1.29 is 28.6 Å². The Morgan fingerprint density at radius 2 is 0.494 bits per heavy atom. The average Bonchev–Trinajstić information content (AvgIpc) is 3.45. The van der Waals surface area contributed by atoms with Crippen LogP contribution in [-0.2, 0) is 28.6 Å². The summed E-state index contributed by atoms with van der Waals surface area (Å²) in [5.74, 6) is -0.897. The number of unbranched alkanes of at least 4 members (excludes halogenated alkanes) is 37. The van der Waals surface area contributed by atoms with Gasteiger partial charge >= 0.3 is 17.9 Å². The van der Waals surface area contributed by atoms with E-state index < -0.39 is 6.10 Å². The second-order valence-electron chi connectivity index (χ2n) is 22.7. The van der Waals surface area contributed by atoms with Gasteiger partial charge in [-0.1, -0.05) is 331 Å². The van der Waals surface area contributed by atoms with Crippen LogP contribution in [0.1, 0.15) is 342 Å². The first-order valence-corrected chi connectivity index (χ1v) is 34.1. The minimum absolute atomic E-state index is 0.0826. The van der Waals surface area contributed by atoms with Gasteiger partial charge in [-0.2, -0.15) is 0 Å². The molecule has 0 aliphatic rings. The maximum Gasteiger partial charge on any atom is 0.306 e. The topological polar surface area (TPSA) is 78.9 Å². The Kier molecular flexibility index (Phi) is 64.2. The van der Waals surface area contributed by atoms with Crippen molar-refractivity contribution in [3.63, 3.8) is 0 Å². The zero-order valence-electron chi connectivity index (χ0n) is 52.4. The van der Waals surface area contributed by atoms with E-state index in [4.69, 9.17) is 14.2 Å². The minimum atomic E-state index is -0.789. The first kappa shape index (κ1) is 75.6. The van der Waals surface area contributed by atoms with Crippen molar-refractivity contribution in [2.75, 3.05) is 13.2 Å². The molecule has 0 N–H and O–H groups in total. The smallest absolute Gasteiger partial charge is 0.306 e. The summed E-state index contributed by atoms with van der Waals surface area (Å²) in [5, 5.41) is 0. The van der Waals surface area contributed by atoms with Gasteiger partial charge in [-0.05, 0) is 77.0 Å². The molecule has 0 heterocycles. The van der Waals surface area contributed by atoms with Gasteiger partial charge in [-0.15, -0.1) is 0 Å². The summed E-state index contributed by atoms with van der Waals surface area (Å²) < 4.78 is 16.9. The van der Waals surface area contributed by atoms with Crippen LogP contribution in [0.2, 0.25) is 0 Å². The molecule has 0 saturated heterocycles. The zero-order chi connectivity index (χ0) is 57.1. The minimum Gasteiger partial charge on any atom is -0.462 e. The van der Waals surface area contributed by atoms with Crippen LogP contribution in [0.4, 0.5) is 0 Å². The quantitative estimate of drug-likeness (QED) is 0.0261. The SMILES string of the molecule is CC/C=C\C/C=C\C/C=C\C/C=C\C/C=C\C/C=C\C/C=C\CCCCCC(=O)OCC(COC(=O)CCCCCCCCCCCCCCCC)OC(=O)CCCCCCCCCCCCCCCCCCCCCCCC. The van der Waals surface area contributed by atoms with E-state index in [0.29, 0.717) is 19.3 Å². The van der Waals surface area contributed by atoms with Gasteiger partial charge in [0.2, 0.25) is 0 Å². The van der Waals surface area contributed by atoms with Crippen LogP contribution in [0, 0.1) is 0 Å². The number of rotatable bonds is 62. The second kappa shape index (κ2) is 67.1. The van der Waals surface area contributed by atoms with Crippen molar-refractivity contribution in [2.24, 2.45) is 0 Å². The van der Waals surface area contributed by atoms with Crippen LogP contribution >= 0.6 is 0 Å². The molecule has 1 atom stereocenters. The van der Waals surface area contributed by atoms with Crippen molar-refractivity contribution >= 4 is 17.9 Å². The van der Waals surface area contributed by atoms with Gasteiger partial charge in [-0.25, -0.2) is 0 Å². The molecule has 0 aromatic heterocycles. The van der Waals surface area contributed by atoms with E-state index in [9.17, 15) is 14.4 Å². The van der Waals surface area contributed by atoms with E-state index in [0.717, 1.165) is 109 Å². The maximum atomic E-state index is 12.9. The summed E-state index contributed by atoms with van der Waals surface area (Å²) in [6.45, 7) is 6.55. The van der Waals surface area contributed by atoms with E-state index in [1.807, 2.05) is 0 Å². The second-order valence-corrected chi connectivity index (χ2v) is 22.7. The highest BCUT2D eigenvalue weighted by Crippen LogP contribution is 2.18. The van der Waals surface area contributed by atoms with E-state index >= 15 is 0 Å². The van der Waals surface area contributed by atoms with E-state index in [2.05, 4.69) is 106 Å². The van der Waals surface area contributed by atoms with Gasteiger partial charge in [0.15, 0.2) is 6.10 Å². The Morgan fingerprint density at radius 3 is 0.772 bits per heavy atom. The van der Waals surface area contributed by atoms with Crippen LogP contribution in [0.25, 0.3) is 0 Å². The molecular weight excluding hydrogens is 973 g/mol. The number of hydrogen-bond donors (Lipinski definition) is 0. The Balaban J connectivity index is 4.38. The van der Waals surface area contributed by atoms with Crippen molar-refractivity contribution in [3.8, 4) is 0 Å². The van der Waals surface area contributed by atoms with Gasteiger partial charge in [0.1, 0.15) is 13.2 Å². The Bertz CT molecular complexity index is 1500.